The number of benzene rings is 1. The van der Waals surface area contributed by atoms with Gasteiger partial charge in [0.25, 0.3) is 0 Å². The normalized spacial score (nSPS) is 11.9. The van der Waals surface area contributed by atoms with Gasteiger partial charge in [-0.15, -0.1) is 0 Å². The highest BCUT2D eigenvalue weighted by Gasteiger charge is 2.24. The first-order valence-electron chi connectivity index (χ1n) is 7.20. The summed E-state index contributed by atoms with van der Waals surface area (Å²) in [6.07, 6.45) is 3.18. The molecule has 0 saturated heterocycles. The Labute approximate surface area is 133 Å². The SMILES string of the molecule is O=C(NCc1ccco1)C(c1ccc(F)cc1)c1ccccn1. The molecule has 23 heavy (non-hydrogen) atoms. The van der Waals surface area contributed by atoms with E-state index in [4.69, 9.17) is 4.42 Å². The van der Waals surface area contributed by atoms with E-state index in [0.29, 0.717) is 17.0 Å². The Kier molecular flexibility index (Phi) is 4.47. The van der Waals surface area contributed by atoms with Gasteiger partial charge >= 0.3 is 0 Å². The number of halogens is 1. The van der Waals surface area contributed by atoms with Crippen molar-refractivity contribution >= 4 is 5.91 Å². The highest BCUT2D eigenvalue weighted by Crippen LogP contribution is 2.23. The highest BCUT2D eigenvalue weighted by atomic mass is 19.1. The van der Waals surface area contributed by atoms with E-state index in [1.165, 1.54) is 12.1 Å². The lowest BCUT2D eigenvalue weighted by atomic mass is 9.94. The molecule has 3 rings (SSSR count). The Morgan fingerprint density at radius 1 is 1.13 bits per heavy atom. The number of pyridine rings is 1. The van der Waals surface area contributed by atoms with Gasteiger partial charge in [0.2, 0.25) is 5.91 Å². The topological polar surface area (TPSA) is 55.1 Å². The molecule has 116 valence electrons. The number of furan rings is 1. The highest BCUT2D eigenvalue weighted by molar-refractivity contribution is 5.86. The first-order valence-corrected chi connectivity index (χ1v) is 7.20. The summed E-state index contributed by atoms with van der Waals surface area (Å²) in [6, 6.07) is 14.8. The number of nitrogens with zero attached hydrogens (tertiary/aromatic N) is 1. The number of aromatic nitrogens is 1. The Hall–Kier alpha value is -2.95. The van der Waals surface area contributed by atoms with Crippen molar-refractivity contribution in [2.45, 2.75) is 12.5 Å². The van der Waals surface area contributed by atoms with E-state index in [1.807, 2.05) is 6.07 Å². The molecule has 0 aliphatic heterocycles. The van der Waals surface area contributed by atoms with Crippen LogP contribution in [0.5, 0.6) is 0 Å². The minimum absolute atomic E-state index is 0.216. The Balaban J connectivity index is 1.85. The zero-order chi connectivity index (χ0) is 16.1. The lowest BCUT2D eigenvalue weighted by molar-refractivity contribution is -0.122. The van der Waals surface area contributed by atoms with Crippen LogP contribution in [-0.4, -0.2) is 10.9 Å². The minimum atomic E-state index is -0.605. The van der Waals surface area contributed by atoms with E-state index >= 15 is 0 Å². The maximum atomic E-state index is 13.2. The summed E-state index contributed by atoms with van der Waals surface area (Å²) in [5.41, 5.74) is 1.29. The number of carbonyl (C=O) groups excluding carboxylic acids is 1. The summed E-state index contributed by atoms with van der Waals surface area (Å²) in [6.45, 7) is 0.288. The summed E-state index contributed by atoms with van der Waals surface area (Å²) in [4.78, 5) is 16.9. The van der Waals surface area contributed by atoms with Crippen LogP contribution < -0.4 is 5.32 Å². The van der Waals surface area contributed by atoms with E-state index in [9.17, 15) is 9.18 Å². The number of hydrogen-bond donors (Lipinski definition) is 1. The third-order valence-corrected chi connectivity index (χ3v) is 3.47. The van der Waals surface area contributed by atoms with Crippen LogP contribution in [-0.2, 0) is 11.3 Å². The average Bonchev–Trinajstić information content (AvgIpc) is 3.09. The maximum Gasteiger partial charge on any atom is 0.233 e. The van der Waals surface area contributed by atoms with Gasteiger partial charge in [-0.25, -0.2) is 4.39 Å². The number of carbonyl (C=O) groups is 1. The first-order chi connectivity index (χ1) is 11.2. The molecule has 1 amide bonds. The van der Waals surface area contributed by atoms with Crippen molar-refractivity contribution in [3.63, 3.8) is 0 Å². The molecule has 0 fully saturated rings. The maximum absolute atomic E-state index is 13.2. The van der Waals surface area contributed by atoms with Gasteiger partial charge in [0, 0.05) is 6.20 Å². The van der Waals surface area contributed by atoms with Crippen molar-refractivity contribution < 1.29 is 13.6 Å². The van der Waals surface area contributed by atoms with Crippen LogP contribution >= 0.6 is 0 Å². The van der Waals surface area contributed by atoms with E-state index < -0.39 is 5.92 Å². The third-order valence-electron chi connectivity index (χ3n) is 3.47. The van der Waals surface area contributed by atoms with Gasteiger partial charge in [-0.1, -0.05) is 18.2 Å². The Morgan fingerprint density at radius 3 is 2.61 bits per heavy atom. The molecule has 0 spiro atoms. The van der Waals surface area contributed by atoms with E-state index in [0.717, 1.165) is 0 Å². The summed E-state index contributed by atoms with van der Waals surface area (Å²) in [7, 11) is 0. The molecule has 0 bridgehead atoms. The second kappa shape index (κ2) is 6.87. The molecule has 0 saturated carbocycles. The predicted octanol–water partition coefficient (Wildman–Crippen LogP) is 3.26. The quantitative estimate of drug-likeness (QED) is 0.787. The summed E-state index contributed by atoms with van der Waals surface area (Å²) < 4.78 is 18.4. The van der Waals surface area contributed by atoms with Crippen molar-refractivity contribution in [2.24, 2.45) is 0 Å². The Bertz CT molecular complexity index is 755. The molecule has 2 aromatic heterocycles. The van der Waals surface area contributed by atoms with Crippen molar-refractivity contribution in [2.75, 3.05) is 0 Å². The fourth-order valence-corrected chi connectivity index (χ4v) is 2.35. The fourth-order valence-electron chi connectivity index (χ4n) is 2.35. The van der Waals surface area contributed by atoms with Gasteiger partial charge in [0.05, 0.1) is 18.5 Å². The number of amides is 1. The molecule has 1 aromatic carbocycles. The molecular formula is C18H15FN2O2. The Morgan fingerprint density at radius 2 is 1.96 bits per heavy atom. The molecule has 1 atom stereocenters. The van der Waals surface area contributed by atoms with Gasteiger partial charge in [0.1, 0.15) is 17.5 Å². The first kappa shape index (κ1) is 15.0. The molecular weight excluding hydrogens is 295 g/mol. The van der Waals surface area contributed by atoms with Gasteiger partial charge in [-0.3, -0.25) is 9.78 Å². The van der Waals surface area contributed by atoms with E-state index in [1.54, 1.807) is 48.9 Å². The number of hydrogen-bond acceptors (Lipinski definition) is 3. The lowest BCUT2D eigenvalue weighted by Crippen LogP contribution is -2.30. The van der Waals surface area contributed by atoms with Crippen LogP contribution in [0, 0.1) is 5.82 Å². The van der Waals surface area contributed by atoms with Crippen molar-refractivity contribution in [1.29, 1.82) is 0 Å². The van der Waals surface area contributed by atoms with Gasteiger partial charge in [-0.05, 0) is 42.0 Å². The smallest absolute Gasteiger partial charge is 0.233 e. The molecule has 1 unspecified atom stereocenters. The largest absolute Gasteiger partial charge is 0.467 e. The van der Waals surface area contributed by atoms with E-state index in [2.05, 4.69) is 10.3 Å². The molecule has 3 aromatic rings. The van der Waals surface area contributed by atoms with Gasteiger partial charge in [-0.2, -0.15) is 0 Å². The van der Waals surface area contributed by atoms with Crippen molar-refractivity contribution in [3.05, 3.63) is 89.9 Å². The van der Waals surface area contributed by atoms with Crippen LogP contribution in [0.2, 0.25) is 0 Å². The monoisotopic (exact) mass is 310 g/mol. The fraction of sp³-hybridized carbons (Fsp3) is 0.111. The van der Waals surface area contributed by atoms with Crippen molar-refractivity contribution in [3.8, 4) is 0 Å². The third kappa shape index (κ3) is 3.63. The molecule has 0 aliphatic carbocycles. The van der Waals surface area contributed by atoms with Crippen LogP contribution in [0.25, 0.3) is 0 Å². The zero-order valence-electron chi connectivity index (χ0n) is 12.3. The van der Waals surface area contributed by atoms with Crippen LogP contribution in [0.15, 0.2) is 71.5 Å². The zero-order valence-corrected chi connectivity index (χ0v) is 12.3. The van der Waals surface area contributed by atoms with Gasteiger partial charge < -0.3 is 9.73 Å². The second-order valence-corrected chi connectivity index (χ2v) is 5.04. The van der Waals surface area contributed by atoms with Crippen LogP contribution in [0.1, 0.15) is 22.9 Å². The molecule has 0 radical (unpaired) electrons. The summed E-state index contributed by atoms with van der Waals surface area (Å²) in [5.74, 6) is -0.500. The molecule has 2 heterocycles. The summed E-state index contributed by atoms with van der Waals surface area (Å²) >= 11 is 0. The summed E-state index contributed by atoms with van der Waals surface area (Å²) in [5, 5.41) is 2.83. The van der Waals surface area contributed by atoms with Gasteiger partial charge in [0.15, 0.2) is 0 Å². The average molecular weight is 310 g/mol. The lowest BCUT2D eigenvalue weighted by Gasteiger charge is -2.16. The molecule has 0 aliphatic rings. The minimum Gasteiger partial charge on any atom is -0.467 e. The van der Waals surface area contributed by atoms with Crippen LogP contribution in [0.4, 0.5) is 4.39 Å². The molecule has 4 nitrogen and oxygen atoms in total. The number of rotatable bonds is 5. The molecule has 5 heteroatoms. The van der Waals surface area contributed by atoms with E-state index in [-0.39, 0.29) is 18.3 Å². The second-order valence-electron chi connectivity index (χ2n) is 5.04. The number of nitrogens with one attached hydrogen (secondary N) is 1. The van der Waals surface area contributed by atoms with Crippen LogP contribution in [0.3, 0.4) is 0 Å². The standard InChI is InChI=1S/C18H15FN2O2/c19-14-8-6-13(7-9-14)17(16-5-1-2-10-20-16)18(22)21-12-15-4-3-11-23-15/h1-11,17H,12H2,(H,21,22). The molecule has 1 N–H and O–H groups in total. The van der Waals surface area contributed by atoms with Crippen molar-refractivity contribution in [1.82, 2.24) is 10.3 Å². The predicted molar refractivity (Wildman–Crippen MR) is 83.0 cm³/mol.